The van der Waals surface area contributed by atoms with E-state index in [9.17, 15) is 9.59 Å². The zero-order chi connectivity index (χ0) is 23.6. The van der Waals surface area contributed by atoms with Gasteiger partial charge in [0.1, 0.15) is 6.04 Å². The molecule has 1 atom stereocenters. The number of amides is 2. The van der Waals surface area contributed by atoms with Crippen molar-refractivity contribution in [2.45, 2.75) is 33.4 Å². The van der Waals surface area contributed by atoms with Gasteiger partial charge in [-0.1, -0.05) is 57.2 Å². The van der Waals surface area contributed by atoms with Crippen LogP contribution < -0.4 is 11.1 Å². The van der Waals surface area contributed by atoms with Gasteiger partial charge in [0.15, 0.2) is 5.69 Å². The maximum atomic E-state index is 13.3. The first-order valence-corrected chi connectivity index (χ1v) is 10.8. The number of rotatable bonds is 6. The van der Waals surface area contributed by atoms with E-state index in [4.69, 9.17) is 5.73 Å². The molecule has 33 heavy (non-hydrogen) atoms. The van der Waals surface area contributed by atoms with Crippen LogP contribution in [-0.4, -0.2) is 32.6 Å². The largest absolute Gasteiger partial charge is 0.368 e. The number of hydrogen-bond donors (Lipinski definition) is 2. The smallest absolute Gasteiger partial charge is 0.273 e. The Morgan fingerprint density at radius 1 is 1.00 bits per heavy atom. The van der Waals surface area contributed by atoms with E-state index < -0.39 is 23.3 Å². The molecule has 4 aromatic rings. The van der Waals surface area contributed by atoms with Crippen LogP contribution in [0.1, 0.15) is 36.8 Å². The first-order chi connectivity index (χ1) is 15.7. The van der Waals surface area contributed by atoms with Gasteiger partial charge >= 0.3 is 0 Å². The van der Waals surface area contributed by atoms with E-state index in [0.717, 1.165) is 22.2 Å². The quantitative estimate of drug-likeness (QED) is 0.475. The molecule has 0 fully saturated rings. The summed E-state index contributed by atoms with van der Waals surface area (Å²) in [5.74, 6) is -1.02. The molecule has 7 heteroatoms. The minimum atomic E-state index is -0.831. The second-order valence-electron chi connectivity index (χ2n) is 9.13. The van der Waals surface area contributed by atoms with Crippen LogP contribution in [0.25, 0.3) is 22.0 Å². The lowest BCUT2D eigenvalue weighted by Crippen LogP contribution is -2.52. The van der Waals surface area contributed by atoms with E-state index in [2.05, 4.69) is 15.4 Å². The van der Waals surface area contributed by atoms with Gasteiger partial charge in [-0.05, 0) is 46.4 Å². The van der Waals surface area contributed by atoms with Gasteiger partial charge in [0, 0.05) is 17.8 Å². The second-order valence-corrected chi connectivity index (χ2v) is 9.13. The van der Waals surface area contributed by atoms with Crippen LogP contribution in [0.3, 0.4) is 0 Å². The highest BCUT2D eigenvalue weighted by molar-refractivity contribution is 6.07. The minimum absolute atomic E-state index is 0.257. The summed E-state index contributed by atoms with van der Waals surface area (Å²) in [6.45, 7) is 6.08. The number of nitrogens with zero attached hydrogens (tertiary/aromatic N) is 3. The van der Waals surface area contributed by atoms with E-state index in [0.29, 0.717) is 11.9 Å². The Balaban J connectivity index is 1.80. The standard InChI is InChI=1S/C26H27N5O2/c1-26(2,3)23(24(27)32)29-25(33)22-20-15-19(18-11-13-28-14-12-18)9-10-21(20)31(30-22)16-17-7-5-4-6-8-17/h4-15,23H,16H2,1-3H3,(H2,27,32)(H,29,33)/t23-/m1/s1. The van der Waals surface area contributed by atoms with Gasteiger partial charge in [-0.15, -0.1) is 0 Å². The third kappa shape index (κ3) is 4.77. The number of nitrogens with one attached hydrogen (secondary N) is 1. The van der Waals surface area contributed by atoms with Crippen LogP contribution in [0, 0.1) is 5.41 Å². The maximum Gasteiger partial charge on any atom is 0.273 e. The van der Waals surface area contributed by atoms with Crippen molar-refractivity contribution in [3.63, 3.8) is 0 Å². The summed E-state index contributed by atoms with van der Waals surface area (Å²) in [6, 6.07) is 18.8. The zero-order valence-electron chi connectivity index (χ0n) is 18.9. The predicted octanol–water partition coefficient (Wildman–Crippen LogP) is 3.78. The summed E-state index contributed by atoms with van der Waals surface area (Å²) in [6.07, 6.45) is 3.46. The van der Waals surface area contributed by atoms with E-state index >= 15 is 0 Å². The first kappa shape index (κ1) is 22.2. The van der Waals surface area contributed by atoms with Gasteiger partial charge < -0.3 is 11.1 Å². The number of carbonyl (C=O) groups excluding carboxylic acids is 2. The van der Waals surface area contributed by atoms with Crippen LogP contribution >= 0.6 is 0 Å². The molecule has 3 N–H and O–H groups in total. The summed E-state index contributed by atoms with van der Waals surface area (Å²) < 4.78 is 1.81. The number of hydrogen-bond acceptors (Lipinski definition) is 4. The molecule has 0 bridgehead atoms. The molecule has 4 rings (SSSR count). The number of carbonyl (C=O) groups is 2. The van der Waals surface area contributed by atoms with Gasteiger partial charge in [0.05, 0.1) is 12.1 Å². The molecule has 0 aliphatic rings. The fourth-order valence-electron chi connectivity index (χ4n) is 3.86. The zero-order valence-corrected chi connectivity index (χ0v) is 18.9. The Bertz CT molecular complexity index is 1290. The molecule has 0 spiro atoms. The second kappa shape index (κ2) is 8.86. The van der Waals surface area contributed by atoms with Crippen LogP contribution in [0.4, 0.5) is 0 Å². The molecule has 0 aliphatic heterocycles. The highest BCUT2D eigenvalue weighted by atomic mass is 16.2. The van der Waals surface area contributed by atoms with Crippen LogP contribution in [-0.2, 0) is 11.3 Å². The molecule has 0 saturated heterocycles. The average Bonchev–Trinajstić information content (AvgIpc) is 3.15. The summed E-state index contributed by atoms with van der Waals surface area (Å²) in [5.41, 5.74) is 9.13. The van der Waals surface area contributed by atoms with Crippen molar-refractivity contribution in [1.29, 1.82) is 0 Å². The van der Waals surface area contributed by atoms with Gasteiger partial charge in [-0.3, -0.25) is 19.3 Å². The lowest BCUT2D eigenvalue weighted by atomic mass is 9.86. The Kier molecular flexibility index (Phi) is 5.96. The fourth-order valence-corrected chi connectivity index (χ4v) is 3.86. The van der Waals surface area contributed by atoms with Gasteiger partial charge in [-0.25, -0.2) is 0 Å². The molecular weight excluding hydrogens is 414 g/mol. The number of pyridine rings is 1. The average molecular weight is 442 g/mol. The Hall–Kier alpha value is -4.00. The molecule has 2 aromatic carbocycles. The third-order valence-electron chi connectivity index (χ3n) is 5.58. The molecule has 168 valence electrons. The van der Waals surface area contributed by atoms with E-state index in [1.165, 1.54) is 0 Å². The van der Waals surface area contributed by atoms with Crippen molar-refractivity contribution < 1.29 is 9.59 Å². The van der Waals surface area contributed by atoms with Gasteiger partial charge in [-0.2, -0.15) is 5.10 Å². The van der Waals surface area contributed by atoms with E-state index in [1.807, 2.05) is 86.1 Å². The summed E-state index contributed by atoms with van der Waals surface area (Å²) in [4.78, 5) is 29.4. The van der Waals surface area contributed by atoms with E-state index in [1.54, 1.807) is 12.4 Å². The predicted molar refractivity (Wildman–Crippen MR) is 128 cm³/mol. The molecule has 2 heterocycles. The highest BCUT2D eigenvalue weighted by Crippen LogP contribution is 2.28. The molecule has 0 saturated carbocycles. The van der Waals surface area contributed by atoms with Crippen LogP contribution in [0.5, 0.6) is 0 Å². The van der Waals surface area contributed by atoms with Gasteiger partial charge in [0.25, 0.3) is 5.91 Å². The van der Waals surface area contributed by atoms with Crippen molar-refractivity contribution in [2.75, 3.05) is 0 Å². The summed E-state index contributed by atoms with van der Waals surface area (Å²) in [5, 5.41) is 8.16. The molecule has 0 aliphatic carbocycles. The number of primary amides is 1. The van der Waals surface area contributed by atoms with Crippen molar-refractivity contribution in [3.05, 3.63) is 84.3 Å². The molecule has 0 radical (unpaired) electrons. The Labute approximate surface area is 192 Å². The van der Waals surface area contributed by atoms with Crippen molar-refractivity contribution in [2.24, 2.45) is 11.1 Å². The molecular formula is C26H27N5O2. The topological polar surface area (TPSA) is 103 Å². The molecule has 2 aromatic heterocycles. The SMILES string of the molecule is CC(C)(C)[C@H](NC(=O)c1nn(Cc2ccccc2)c2ccc(-c3ccncc3)cc12)C(N)=O. The van der Waals surface area contributed by atoms with E-state index in [-0.39, 0.29) is 5.69 Å². The summed E-state index contributed by atoms with van der Waals surface area (Å²) in [7, 11) is 0. The third-order valence-corrected chi connectivity index (χ3v) is 5.58. The fraction of sp³-hybridized carbons (Fsp3) is 0.231. The summed E-state index contributed by atoms with van der Waals surface area (Å²) >= 11 is 0. The normalized spacial score (nSPS) is 12.5. The highest BCUT2D eigenvalue weighted by Gasteiger charge is 2.32. The van der Waals surface area contributed by atoms with Crippen LogP contribution in [0.15, 0.2) is 73.1 Å². The molecule has 2 amide bonds. The van der Waals surface area contributed by atoms with Crippen LogP contribution in [0.2, 0.25) is 0 Å². The lowest BCUT2D eigenvalue weighted by molar-refractivity contribution is -0.122. The maximum absolute atomic E-state index is 13.3. The number of nitrogens with two attached hydrogens (primary N) is 1. The number of benzene rings is 2. The minimum Gasteiger partial charge on any atom is -0.368 e. The number of aromatic nitrogens is 3. The van der Waals surface area contributed by atoms with Crippen molar-refractivity contribution >= 4 is 22.7 Å². The van der Waals surface area contributed by atoms with Gasteiger partial charge in [0.2, 0.25) is 5.91 Å². The number of fused-ring (bicyclic) bond motifs is 1. The van der Waals surface area contributed by atoms with Crippen molar-refractivity contribution in [1.82, 2.24) is 20.1 Å². The van der Waals surface area contributed by atoms with Crippen molar-refractivity contribution in [3.8, 4) is 11.1 Å². The first-order valence-electron chi connectivity index (χ1n) is 10.8. The Morgan fingerprint density at radius 2 is 1.70 bits per heavy atom. The molecule has 0 unspecified atom stereocenters. The lowest BCUT2D eigenvalue weighted by Gasteiger charge is -2.28. The molecule has 7 nitrogen and oxygen atoms in total. The monoisotopic (exact) mass is 441 g/mol. The Morgan fingerprint density at radius 3 is 2.33 bits per heavy atom.